The van der Waals surface area contributed by atoms with Crippen LogP contribution in [0.4, 0.5) is 5.69 Å². The molecular formula is C18H28N2O2S. The summed E-state index contributed by atoms with van der Waals surface area (Å²) in [6.07, 6.45) is 1.88. The topological polar surface area (TPSA) is 40.6 Å². The van der Waals surface area contributed by atoms with E-state index in [2.05, 4.69) is 47.9 Å². The number of hydrogen-bond donors (Lipinski definition) is 0. The number of rotatable bonds is 4. The molecule has 3 rings (SSSR count). The summed E-state index contributed by atoms with van der Waals surface area (Å²) in [5.74, 6) is 1.18. The van der Waals surface area contributed by atoms with E-state index in [1.807, 2.05) is 0 Å². The minimum atomic E-state index is -2.74. The van der Waals surface area contributed by atoms with Crippen molar-refractivity contribution in [2.75, 3.05) is 42.6 Å². The van der Waals surface area contributed by atoms with E-state index in [-0.39, 0.29) is 0 Å². The van der Waals surface area contributed by atoms with Crippen LogP contribution in [0.3, 0.4) is 0 Å². The van der Waals surface area contributed by atoms with Crippen molar-refractivity contribution in [1.82, 2.24) is 4.90 Å². The van der Waals surface area contributed by atoms with E-state index in [0.717, 1.165) is 39.0 Å². The Morgan fingerprint density at radius 2 is 2.00 bits per heavy atom. The Balaban J connectivity index is 1.52. The molecule has 2 unspecified atom stereocenters. The SMILES string of the molecule is Cc1ccccc1N1CCN(CCC2CCS(=O)(=O)C2)C(C)C1. The van der Waals surface area contributed by atoms with Gasteiger partial charge in [-0.25, -0.2) is 8.42 Å². The second kappa shape index (κ2) is 6.81. The van der Waals surface area contributed by atoms with E-state index >= 15 is 0 Å². The molecule has 1 aromatic rings. The van der Waals surface area contributed by atoms with Crippen molar-refractivity contribution >= 4 is 15.5 Å². The molecule has 2 heterocycles. The molecule has 2 aliphatic rings. The lowest BCUT2D eigenvalue weighted by Gasteiger charge is -2.41. The zero-order valence-corrected chi connectivity index (χ0v) is 15.1. The normalized spacial score (nSPS) is 28.2. The fourth-order valence-corrected chi connectivity index (χ4v) is 5.82. The summed E-state index contributed by atoms with van der Waals surface area (Å²) in [5, 5.41) is 0. The first kappa shape index (κ1) is 16.8. The Hall–Kier alpha value is -1.07. The van der Waals surface area contributed by atoms with Crippen molar-refractivity contribution in [3.05, 3.63) is 29.8 Å². The van der Waals surface area contributed by atoms with Gasteiger partial charge in [-0.05, 0) is 50.8 Å². The van der Waals surface area contributed by atoms with Gasteiger partial charge in [0.15, 0.2) is 9.84 Å². The molecule has 0 bridgehead atoms. The average molecular weight is 337 g/mol. The summed E-state index contributed by atoms with van der Waals surface area (Å²) in [4.78, 5) is 5.01. The largest absolute Gasteiger partial charge is 0.368 e. The molecule has 0 N–H and O–H groups in total. The van der Waals surface area contributed by atoms with Gasteiger partial charge < -0.3 is 4.90 Å². The summed E-state index contributed by atoms with van der Waals surface area (Å²) in [7, 11) is -2.74. The smallest absolute Gasteiger partial charge is 0.150 e. The third-order valence-electron chi connectivity index (χ3n) is 5.37. The molecule has 0 saturated carbocycles. The van der Waals surface area contributed by atoms with Crippen LogP contribution in [0.1, 0.15) is 25.3 Å². The maximum atomic E-state index is 11.6. The molecule has 2 aliphatic heterocycles. The van der Waals surface area contributed by atoms with E-state index in [0.29, 0.717) is 23.5 Å². The third-order valence-corrected chi connectivity index (χ3v) is 7.21. The first-order valence-electron chi connectivity index (χ1n) is 8.70. The Morgan fingerprint density at radius 1 is 1.22 bits per heavy atom. The van der Waals surface area contributed by atoms with Gasteiger partial charge in [0, 0.05) is 31.4 Å². The van der Waals surface area contributed by atoms with E-state index in [9.17, 15) is 8.42 Å². The Morgan fingerprint density at radius 3 is 2.65 bits per heavy atom. The predicted molar refractivity (Wildman–Crippen MR) is 95.8 cm³/mol. The van der Waals surface area contributed by atoms with Gasteiger partial charge in [-0.3, -0.25) is 4.90 Å². The fourth-order valence-electron chi connectivity index (χ4n) is 3.91. The molecule has 0 radical (unpaired) electrons. The highest BCUT2D eigenvalue weighted by molar-refractivity contribution is 7.91. The summed E-state index contributed by atoms with van der Waals surface area (Å²) in [5.41, 5.74) is 2.69. The molecular weight excluding hydrogens is 308 g/mol. The lowest BCUT2D eigenvalue weighted by molar-refractivity contribution is 0.179. The highest BCUT2D eigenvalue weighted by Gasteiger charge is 2.30. The lowest BCUT2D eigenvalue weighted by Crippen LogP contribution is -2.52. The van der Waals surface area contributed by atoms with Gasteiger partial charge in [0.05, 0.1) is 11.5 Å². The van der Waals surface area contributed by atoms with Crippen molar-refractivity contribution in [2.45, 2.75) is 32.7 Å². The number of aryl methyl sites for hydroxylation is 1. The maximum Gasteiger partial charge on any atom is 0.150 e. The second-order valence-electron chi connectivity index (χ2n) is 7.18. The van der Waals surface area contributed by atoms with Crippen molar-refractivity contribution in [1.29, 1.82) is 0 Å². The number of piperazine rings is 1. The lowest BCUT2D eigenvalue weighted by atomic mass is 10.0. The predicted octanol–water partition coefficient (Wildman–Crippen LogP) is 2.33. The molecule has 0 aliphatic carbocycles. The Bertz CT molecular complexity index is 644. The first-order valence-corrected chi connectivity index (χ1v) is 10.5. The van der Waals surface area contributed by atoms with Crippen molar-refractivity contribution in [2.24, 2.45) is 5.92 Å². The molecule has 0 amide bonds. The molecule has 4 nitrogen and oxygen atoms in total. The van der Waals surface area contributed by atoms with Gasteiger partial charge in [0.1, 0.15) is 0 Å². The third kappa shape index (κ3) is 4.07. The molecule has 0 spiro atoms. The van der Waals surface area contributed by atoms with Crippen LogP contribution < -0.4 is 4.90 Å². The number of anilines is 1. The highest BCUT2D eigenvalue weighted by atomic mass is 32.2. The minimum Gasteiger partial charge on any atom is -0.368 e. The Labute approximate surface area is 140 Å². The van der Waals surface area contributed by atoms with Crippen LogP contribution in [-0.2, 0) is 9.84 Å². The van der Waals surface area contributed by atoms with Crippen LogP contribution >= 0.6 is 0 Å². The molecule has 0 aromatic heterocycles. The van der Waals surface area contributed by atoms with Crippen LogP contribution in [0.25, 0.3) is 0 Å². The van der Waals surface area contributed by atoms with Crippen molar-refractivity contribution < 1.29 is 8.42 Å². The average Bonchev–Trinajstić information content (AvgIpc) is 2.86. The van der Waals surface area contributed by atoms with Gasteiger partial charge in [-0.15, -0.1) is 0 Å². The number of benzene rings is 1. The monoisotopic (exact) mass is 336 g/mol. The van der Waals surface area contributed by atoms with E-state index in [1.54, 1.807) is 0 Å². The summed E-state index contributed by atoms with van der Waals surface area (Å²) < 4.78 is 23.1. The fraction of sp³-hybridized carbons (Fsp3) is 0.667. The van der Waals surface area contributed by atoms with Gasteiger partial charge in [0.25, 0.3) is 0 Å². The number of nitrogens with zero attached hydrogens (tertiary/aromatic N) is 2. The summed E-state index contributed by atoms with van der Waals surface area (Å²) >= 11 is 0. The van der Waals surface area contributed by atoms with Crippen LogP contribution in [-0.4, -0.2) is 57.0 Å². The molecule has 128 valence electrons. The summed E-state index contributed by atoms with van der Waals surface area (Å²) in [6.45, 7) is 8.66. The molecule has 2 atom stereocenters. The second-order valence-corrected chi connectivity index (χ2v) is 9.40. The van der Waals surface area contributed by atoms with Crippen LogP contribution in [0.15, 0.2) is 24.3 Å². The van der Waals surface area contributed by atoms with Crippen molar-refractivity contribution in [3.8, 4) is 0 Å². The number of sulfone groups is 1. The molecule has 2 saturated heterocycles. The zero-order valence-electron chi connectivity index (χ0n) is 14.2. The van der Waals surface area contributed by atoms with Gasteiger partial charge in [0.2, 0.25) is 0 Å². The quantitative estimate of drug-likeness (QED) is 0.846. The first-order chi connectivity index (χ1) is 10.9. The van der Waals surface area contributed by atoms with E-state index < -0.39 is 9.84 Å². The van der Waals surface area contributed by atoms with E-state index in [1.165, 1.54) is 11.3 Å². The van der Waals surface area contributed by atoms with Gasteiger partial charge in [-0.1, -0.05) is 18.2 Å². The molecule has 5 heteroatoms. The summed E-state index contributed by atoms with van der Waals surface area (Å²) in [6, 6.07) is 9.10. The Kier molecular flexibility index (Phi) is 4.97. The van der Waals surface area contributed by atoms with Gasteiger partial charge >= 0.3 is 0 Å². The minimum absolute atomic E-state index is 0.376. The van der Waals surface area contributed by atoms with Crippen LogP contribution in [0, 0.1) is 12.8 Å². The van der Waals surface area contributed by atoms with Crippen LogP contribution in [0.2, 0.25) is 0 Å². The molecule has 2 fully saturated rings. The van der Waals surface area contributed by atoms with Gasteiger partial charge in [-0.2, -0.15) is 0 Å². The zero-order chi connectivity index (χ0) is 16.4. The molecule has 1 aromatic carbocycles. The highest BCUT2D eigenvalue weighted by Crippen LogP contribution is 2.25. The van der Waals surface area contributed by atoms with Crippen LogP contribution in [0.5, 0.6) is 0 Å². The van der Waals surface area contributed by atoms with Crippen molar-refractivity contribution in [3.63, 3.8) is 0 Å². The molecule has 23 heavy (non-hydrogen) atoms. The number of hydrogen-bond acceptors (Lipinski definition) is 4. The maximum absolute atomic E-state index is 11.6. The number of para-hydroxylation sites is 1. The van der Waals surface area contributed by atoms with E-state index in [4.69, 9.17) is 0 Å². The standard InChI is InChI=1S/C18H28N2O2S/c1-15-5-3-4-6-18(15)20-11-10-19(16(2)13-20)9-7-17-8-12-23(21,22)14-17/h3-6,16-17H,7-14H2,1-2H3.